The van der Waals surface area contributed by atoms with Crippen LogP contribution in [-0.2, 0) is 13.5 Å². The Morgan fingerprint density at radius 1 is 1.15 bits per heavy atom. The number of benzene rings is 2. The van der Waals surface area contributed by atoms with Crippen LogP contribution in [-0.4, -0.2) is 11.3 Å². The highest BCUT2D eigenvalue weighted by atomic mass is 35.5. The number of aromatic nitrogens is 1. The normalized spacial score (nSPS) is 11.2. The van der Waals surface area contributed by atoms with Crippen molar-refractivity contribution in [2.24, 2.45) is 12.0 Å². The molecule has 0 saturated heterocycles. The Bertz CT molecular complexity index is 971. The summed E-state index contributed by atoms with van der Waals surface area (Å²) in [5, 5.41) is 10.8. The molecule has 0 atom stereocenters. The van der Waals surface area contributed by atoms with Gasteiger partial charge in [0, 0.05) is 24.3 Å². The van der Waals surface area contributed by atoms with Crippen LogP contribution in [0.3, 0.4) is 0 Å². The lowest BCUT2D eigenvalue weighted by molar-refractivity contribution is -0.668. The van der Waals surface area contributed by atoms with Crippen LogP contribution in [0.2, 0.25) is 5.02 Å². The van der Waals surface area contributed by atoms with Crippen LogP contribution in [0.5, 0.6) is 5.75 Å². The molecule has 3 nitrogen and oxygen atoms in total. The molecule has 1 N–H and O–H groups in total. The number of hydrogen-bond donors (Lipinski definition) is 1. The van der Waals surface area contributed by atoms with Gasteiger partial charge in [-0.25, -0.2) is 4.39 Å². The van der Waals surface area contributed by atoms with Crippen LogP contribution >= 0.6 is 11.6 Å². The minimum atomic E-state index is -0.486. The first-order valence-corrected chi connectivity index (χ1v) is 8.68. The minimum Gasteiger partial charge on any atom is -0.502 e. The molecule has 0 spiro atoms. The van der Waals surface area contributed by atoms with Gasteiger partial charge in [0.1, 0.15) is 12.9 Å². The van der Waals surface area contributed by atoms with E-state index in [0.29, 0.717) is 11.3 Å². The van der Waals surface area contributed by atoms with E-state index in [-0.39, 0.29) is 10.8 Å². The molecule has 1 aromatic heterocycles. The number of rotatable bonds is 4. The molecule has 0 aliphatic rings. The van der Waals surface area contributed by atoms with E-state index in [1.165, 1.54) is 18.2 Å². The van der Waals surface area contributed by atoms with Gasteiger partial charge in [-0.2, -0.15) is 4.57 Å². The summed E-state index contributed by atoms with van der Waals surface area (Å²) >= 11 is 5.80. The van der Waals surface area contributed by atoms with Crippen LogP contribution in [0.15, 0.2) is 59.6 Å². The van der Waals surface area contributed by atoms with E-state index in [4.69, 9.17) is 11.6 Å². The maximum Gasteiger partial charge on any atom is 0.255 e. The average Bonchev–Trinajstić information content (AvgIpc) is 2.65. The van der Waals surface area contributed by atoms with Crippen molar-refractivity contribution in [1.82, 2.24) is 0 Å². The second kappa shape index (κ2) is 7.67. The van der Waals surface area contributed by atoms with Crippen molar-refractivity contribution in [2.45, 2.75) is 13.3 Å². The third-order valence-electron chi connectivity index (χ3n) is 4.25. The van der Waals surface area contributed by atoms with Crippen LogP contribution in [0, 0.1) is 5.82 Å². The molecule has 2 aromatic carbocycles. The number of aryl methyl sites for hydroxylation is 1. The average molecular weight is 370 g/mol. The molecule has 0 unspecified atom stereocenters. The molecular weight excluding hydrogens is 351 g/mol. The van der Waals surface area contributed by atoms with Gasteiger partial charge in [-0.3, -0.25) is 4.99 Å². The maximum absolute atomic E-state index is 13.3. The predicted octanol–water partition coefficient (Wildman–Crippen LogP) is 4.99. The van der Waals surface area contributed by atoms with Crippen LogP contribution in [0.1, 0.15) is 18.2 Å². The smallest absolute Gasteiger partial charge is 0.255 e. The summed E-state index contributed by atoms with van der Waals surface area (Å²) < 4.78 is 15.3. The molecule has 26 heavy (non-hydrogen) atoms. The number of aliphatic imine (C=N–C) groups is 1. The van der Waals surface area contributed by atoms with Crippen molar-refractivity contribution in [3.63, 3.8) is 0 Å². The van der Waals surface area contributed by atoms with Gasteiger partial charge in [-0.1, -0.05) is 36.7 Å². The zero-order chi connectivity index (χ0) is 18.7. The zero-order valence-electron chi connectivity index (χ0n) is 14.6. The van der Waals surface area contributed by atoms with Gasteiger partial charge in [0.15, 0.2) is 11.4 Å². The van der Waals surface area contributed by atoms with Gasteiger partial charge in [0.25, 0.3) is 5.69 Å². The molecule has 3 aromatic rings. The van der Waals surface area contributed by atoms with E-state index in [9.17, 15) is 9.50 Å². The fourth-order valence-electron chi connectivity index (χ4n) is 2.86. The lowest BCUT2D eigenvalue weighted by Crippen LogP contribution is -2.36. The number of nitrogens with zero attached hydrogens (tertiary/aromatic N) is 2. The minimum absolute atomic E-state index is 0.0163. The molecule has 0 bridgehead atoms. The number of aromatic hydroxyl groups is 1. The summed E-state index contributed by atoms with van der Waals surface area (Å²) in [4.78, 5) is 4.33. The second-order valence-corrected chi connectivity index (χ2v) is 6.33. The van der Waals surface area contributed by atoms with E-state index >= 15 is 0 Å². The van der Waals surface area contributed by atoms with E-state index < -0.39 is 5.82 Å². The Morgan fingerprint density at radius 2 is 1.88 bits per heavy atom. The summed E-state index contributed by atoms with van der Waals surface area (Å²) in [6.07, 6.45) is 2.38. The predicted molar refractivity (Wildman–Crippen MR) is 103 cm³/mol. The van der Waals surface area contributed by atoms with E-state index in [1.54, 1.807) is 6.21 Å². The standard InChI is InChI=1S/C21H18ClFN2O/c1-3-17-11-15(13-24-16-9-10-19(23)18(22)12-16)21(26)20(25(17)2)14-7-5-4-6-8-14/h4-13H,3H2,1-2H3/p+1. The Balaban J connectivity index is 2.10. The van der Waals surface area contributed by atoms with E-state index in [0.717, 1.165) is 23.4 Å². The third kappa shape index (κ3) is 3.60. The highest BCUT2D eigenvalue weighted by molar-refractivity contribution is 6.31. The van der Waals surface area contributed by atoms with E-state index in [2.05, 4.69) is 11.9 Å². The molecule has 0 amide bonds. The highest BCUT2D eigenvalue weighted by Gasteiger charge is 2.22. The lowest BCUT2D eigenvalue weighted by Gasteiger charge is -2.09. The van der Waals surface area contributed by atoms with Crippen molar-refractivity contribution in [3.05, 3.63) is 76.7 Å². The summed E-state index contributed by atoms with van der Waals surface area (Å²) in [5.41, 5.74) is 3.81. The van der Waals surface area contributed by atoms with Crippen LogP contribution in [0.25, 0.3) is 11.3 Å². The summed E-state index contributed by atoms with van der Waals surface area (Å²) in [5.74, 6) is -0.340. The number of hydrogen-bond acceptors (Lipinski definition) is 2. The van der Waals surface area contributed by atoms with Crippen molar-refractivity contribution >= 4 is 23.5 Å². The van der Waals surface area contributed by atoms with Gasteiger partial charge in [0.05, 0.1) is 16.3 Å². The molecule has 5 heteroatoms. The Labute approximate surface area is 157 Å². The molecule has 0 fully saturated rings. The Morgan fingerprint density at radius 3 is 2.54 bits per heavy atom. The molecular formula is C21H19ClFN2O+. The van der Waals surface area contributed by atoms with Gasteiger partial charge < -0.3 is 5.11 Å². The van der Waals surface area contributed by atoms with Gasteiger partial charge >= 0.3 is 0 Å². The highest BCUT2D eigenvalue weighted by Crippen LogP contribution is 2.29. The first-order valence-electron chi connectivity index (χ1n) is 8.30. The second-order valence-electron chi connectivity index (χ2n) is 5.92. The first kappa shape index (κ1) is 18.1. The summed E-state index contributed by atoms with van der Waals surface area (Å²) in [7, 11) is 1.93. The SMILES string of the molecule is CCc1cc(C=Nc2ccc(F)c(Cl)c2)c(O)c(-c2ccccc2)[n+]1C. The molecule has 0 saturated carbocycles. The Kier molecular flexibility index (Phi) is 5.33. The number of halogens is 2. The van der Waals surface area contributed by atoms with Crippen molar-refractivity contribution < 1.29 is 14.1 Å². The van der Waals surface area contributed by atoms with Crippen molar-refractivity contribution in [1.29, 1.82) is 0 Å². The maximum atomic E-state index is 13.3. The van der Waals surface area contributed by atoms with Crippen LogP contribution in [0.4, 0.5) is 10.1 Å². The van der Waals surface area contributed by atoms with Gasteiger partial charge in [-0.05, 0) is 30.3 Å². The van der Waals surface area contributed by atoms with Crippen molar-refractivity contribution in [3.8, 4) is 17.0 Å². The molecule has 0 aliphatic heterocycles. The van der Waals surface area contributed by atoms with Crippen molar-refractivity contribution in [2.75, 3.05) is 0 Å². The summed E-state index contributed by atoms with van der Waals surface area (Å²) in [6, 6.07) is 15.9. The van der Waals surface area contributed by atoms with Gasteiger partial charge in [-0.15, -0.1) is 0 Å². The Hall–Kier alpha value is -2.72. The molecule has 0 radical (unpaired) electrons. The largest absolute Gasteiger partial charge is 0.502 e. The van der Waals surface area contributed by atoms with E-state index in [1.807, 2.05) is 48.0 Å². The lowest BCUT2D eigenvalue weighted by atomic mass is 10.0. The molecule has 1 heterocycles. The molecule has 132 valence electrons. The molecule has 3 rings (SSSR count). The fraction of sp³-hybridized carbons (Fsp3) is 0.143. The monoisotopic (exact) mass is 369 g/mol. The van der Waals surface area contributed by atoms with Gasteiger partial charge in [0.2, 0.25) is 0 Å². The topological polar surface area (TPSA) is 36.5 Å². The third-order valence-corrected chi connectivity index (χ3v) is 4.54. The first-order chi connectivity index (χ1) is 12.5. The fourth-order valence-corrected chi connectivity index (χ4v) is 3.03. The summed E-state index contributed by atoms with van der Waals surface area (Å²) in [6.45, 7) is 2.06. The zero-order valence-corrected chi connectivity index (χ0v) is 15.3. The van der Waals surface area contributed by atoms with Crippen LogP contribution < -0.4 is 4.57 Å². The molecule has 0 aliphatic carbocycles. The number of pyridine rings is 1. The quantitative estimate of drug-likeness (QED) is 0.510.